The van der Waals surface area contributed by atoms with E-state index >= 15 is 0 Å². The molecule has 0 radical (unpaired) electrons. The lowest BCUT2D eigenvalue weighted by atomic mass is 10.1. The number of amides is 1. The first kappa shape index (κ1) is 15.1. The van der Waals surface area contributed by atoms with E-state index in [4.69, 9.17) is 4.74 Å². The van der Waals surface area contributed by atoms with Crippen LogP contribution in [-0.4, -0.2) is 24.1 Å². The SMILES string of the molecule is CCCCCC/C=C(/CCCC)N1CCOC1=O. The number of nitrogens with zero attached hydrogens (tertiary/aromatic N) is 1. The number of ether oxygens (including phenoxy) is 1. The molecule has 0 aromatic rings. The molecule has 0 bridgehead atoms. The maximum Gasteiger partial charge on any atom is 0.414 e. The van der Waals surface area contributed by atoms with Crippen LogP contribution in [0.3, 0.4) is 0 Å². The van der Waals surface area contributed by atoms with E-state index in [1.54, 1.807) is 0 Å². The van der Waals surface area contributed by atoms with Gasteiger partial charge in [0.25, 0.3) is 0 Å². The number of hydrogen-bond donors (Lipinski definition) is 0. The smallest absolute Gasteiger partial charge is 0.414 e. The van der Waals surface area contributed by atoms with Gasteiger partial charge in [-0.15, -0.1) is 0 Å². The Balaban J connectivity index is 2.43. The second-order valence-corrected chi connectivity index (χ2v) is 4.91. The van der Waals surface area contributed by atoms with E-state index in [1.165, 1.54) is 31.4 Å². The predicted octanol–water partition coefficient (Wildman–Crippen LogP) is 4.48. The molecule has 0 unspecified atom stereocenters. The highest BCUT2D eigenvalue weighted by Crippen LogP contribution is 2.19. The van der Waals surface area contributed by atoms with Crippen molar-refractivity contribution in [2.75, 3.05) is 13.2 Å². The van der Waals surface area contributed by atoms with E-state index in [2.05, 4.69) is 19.9 Å². The fourth-order valence-corrected chi connectivity index (χ4v) is 2.20. The van der Waals surface area contributed by atoms with Gasteiger partial charge in [-0.2, -0.15) is 0 Å². The lowest BCUT2D eigenvalue weighted by molar-refractivity contribution is 0.163. The number of carbonyl (C=O) groups excluding carboxylic acids is 1. The molecule has 1 heterocycles. The van der Waals surface area contributed by atoms with Crippen molar-refractivity contribution < 1.29 is 9.53 Å². The molecule has 1 amide bonds. The summed E-state index contributed by atoms with van der Waals surface area (Å²) in [5.41, 5.74) is 1.18. The third kappa shape index (κ3) is 5.11. The molecule has 0 atom stereocenters. The molecule has 1 saturated heterocycles. The summed E-state index contributed by atoms with van der Waals surface area (Å²) >= 11 is 0. The molecule has 1 aliphatic heterocycles. The van der Waals surface area contributed by atoms with E-state index in [0.29, 0.717) is 6.61 Å². The molecular formula is C15H27NO2. The first-order chi connectivity index (χ1) is 8.79. The van der Waals surface area contributed by atoms with Gasteiger partial charge in [-0.3, -0.25) is 4.90 Å². The van der Waals surface area contributed by atoms with Crippen LogP contribution >= 0.6 is 0 Å². The summed E-state index contributed by atoms with van der Waals surface area (Å²) in [6.45, 7) is 5.67. The number of rotatable bonds is 9. The quantitative estimate of drug-likeness (QED) is 0.567. The average Bonchev–Trinajstić information content (AvgIpc) is 2.79. The molecule has 1 rings (SSSR count). The average molecular weight is 253 g/mol. The second-order valence-electron chi connectivity index (χ2n) is 4.91. The topological polar surface area (TPSA) is 29.5 Å². The van der Waals surface area contributed by atoms with E-state index in [9.17, 15) is 4.79 Å². The summed E-state index contributed by atoms with van der Waals surface area (Å²) in [4.78, 5) is 13.4. The fraction of sp³-hybridized carbons (Fsp3) is 0.800. The van der Waals surface area contributed by atoms with Gasteiger partial charge in [0, 0.05) is 5.70 Å². The first-order valence-corrected chi connectivity index (χ1v) is 7.43. The highest BCUT2D eigenvalue weighted by Gasteiger charge is 2.24. The molecule has 3 heteroatoms. The minimum Gasteiger partial charge on any atom is -0.447 e. The Kier molecular flexibility index (Phi) is 7.54. The fourth-order valence-electron chi connectivity index (χ4n) is 2.20. The molecule has 18 heavy (non-hydrogen) atoms. The van der Waals surface area contributed by atoms with Gasteiger partial charge in [0.2, 0.25) is 0 Å². The predicted molar refractivity (Wildman–Crippen MR) is 74.4 cm³/mol. The minimum atomic E-state index is -0.161. The van der Waals surface area contributed by atoms with Crippen molar-refractivity contribution in [3.63, 3.8) is 0 Å². The van der Waals surface area contributed by atoms with Gasteiger partial charge in [-0.05, 0) is 25.7 Å². The maximum absolute atomic E-state index is 11.6. The van der Waals surface area contributed by atoms with Crippen molar-refractivity contribution in [3.05, 3.63) is 11.8 Å². The van der Waals surface area contributed by atoms with Crippen molar-refractivity contribution >= 4 is 6.09 Å². The van der Waals surface area contributed by atoms with Crippen LogP contribution in [0.15, 0.2) is 11.8 Å². The van der Waals surface area contributed by atoms with Crippen LogP contribution in [0.5, 0.6) is 0 Å². The minimum absolute atomic E-state index is 0.161. The number of hydrogen-bond acceptors (Lipinski definition) is 2. The lowest BCUT2D eigenvalue weighted by Crippen LogP contribution is -2.23. The maximum atomic E-state index is 11.6. The zero-order chi connectivity index (χ0) is 13.2. The Bertz CT molecular complexity index is 274. The molecule has 0 aromatic carbocycles. The van der Waals surface area contributed by atoms with Crippen LogP contribution < -0.4 is 0 Å². The van der Waals surface area contributed by atoms with Crippen LogP contribution in [0, 0.1) is 0 Å². The standard InChI is InChI=1S/C15H27NO2/c1-3-5-7-8-9-11-14(10-6-4-2)16-12-13-18-15(16)17/h11H,3-10,12-13H2,1-2H3/b14-11-. The van der Waals surface area contributed by atoms with E-state index in [0.717, 1.165) is 32.2 Å². The van der Waals surface area contributed by atoms with Crippen molar-refractivity contribution in [3.8, 4) is 0 Å². The summed E-state index contributed by atoms with van der Waals surface area (Å²) in [6.07, 6.45) is 11.6. The Morgan fingerprint density at radius 3 is 2.61 bits per heavy atom. The van der Waals surface area contributed by atoms with Gasteiger partial charge < -0.3 is 4.74 Å². The van der Waals surface area contributed by atoms with Crippen molar-refractivity contribution in [1.29, 1.82) is 0 Å². The van der Waals surface area contributed by atoms with Gasteiger partial charge >= 0.3 is 6.09 Å². The highest BCUT2D eigenvalue weighted by atomic mass is 16.6. The number of carbonyl (C=O) groups is 1. The van der Waals surface area contributed by atoms with Crippen molar-refractivity contribution in [2.24, 2.45) is 0 Å². The van der Waals surface area contributed by atoms with Gasteiger partial charge in [0.1, 0.15) is 6.61 Å². The summed E-state index contributed by atoms with van der Waals surface area (Å²) in [5, 5.41) is 0. The van der Waals surface area contributed by atoms with Gasteiger partial charge in [0.05, 0.1) is 6.54 Å². The van der Waals surface area contributed by atoms with E-state index in [1.807, 2.05) is 4.90 Å². The van der Waals surface area contributed by atoms with Gasteiger partial charge in [-0.1, -0.05) is 45.6 Å². The van der Waals surface area contributed by atoms with Gasteiger partial charge in [-0.25, -0.2) is 4.79 Å². The third-order valence-electron chi connectivity index (χ3n) is 3.33. The third-order valence-corrected chi connectivity index (χ3v) is 3.33. The highest BCUT2D eigenvalue weighted by molar-refractivity contribution is 5.71. The Hall–Kier alpha value is -0.990. The molecule has 1 fully saturated rings. The summed E-state index contributed by atoms with van der Waals surface area (Å²) < 4.78 is 5.02. The van der Waals surface area contributed by atoms with Crippen molar-refractivity contribution in [1.82, 2.24) is 4.90 Å². The Labute approximate surface area is 111 Å². The zero-order valence-corrected chi connectivity index (χ0v) is 11.9. The second kappa shape index (κ2) is 9.01. The van der Waals surface area contributed by atoms with Crippen LogP contribution in [0.2, 0.25) is 0 Å². The largest absolute Gasteiger partial charge is 0.447 e. The zero-order valence-electron chi connectivity index (χ0n) is 11.9. The molecule has 0 aliphatic carbocycles. The molecule has 0 saturated carbocycles. The molecule has 0 spiro atoms. The van der Waals surface area contributed by atoms with Crippen LogP contribution in [0.1, 0.15) is 65.2 Å². The number of allylic oxidation sites excluding steroid dienone is 2. The normalized spacial score (nSPS) is 16.2. The molecule has 1 aliphatic rings. The summed E-state index contributed by atoms with van der Waals surface area (Å²) in [5.74, 6) is 0. The Morgan fingerprint density at radius 2 is 2.00 bits per heavy atom. The van der Waals surface area contributed by atoms with E-state index in [-0.39, 0.29) is 6.09 Å². The van der Waals surface area contributed by atoms with Crippen LogP contribution in [-0.2, 0) is 4.74 Å². The van der Waals surface area contributed by atoms with E-state index < -0.39 is 0 Å². The molecular weight excluding hydrogens is 226 g/mol. The molecule has 3 nitrogen and oxygen atoms in total. The first-order valence-electron chi connectivity index (χ1n) is 7.43. The number of cyclic esters (lactones) is 1. The Morgan fingerprint density at radius 1 is 1.22 bits per heavy atom. The van der Waals surface area contributed by atoms with Crippen LogP contribution in [0.4, 0.5) is 4.79 Å². The van der Waals surface area contributed by atoms with Crippen molar-refractivity contribution in [2.45, 2.75) is 65.2 Å². The molecule has 104 valence electrons. The molecule has 0 N–H and O–H groups in total. The molecule has 0 aromatic heterocycles. The summed E-state index contributed by atoms with van der Waals surface area (Å²) in [7, 11) is 0. The monoisotopic (exact) mass is 253 g/mol. The van der Waals surface area contributed by atoms with Gasteiger partial charge in [0.15, 0.2) is 0 Å². The number of unbranched alkanes of at least 4 members (excludes halogenated alkanes) is 5. The lowest BCUT2D eigenvalue weighted by Gasteiger charge is -2.17. The van der Waals surface area contributed by atoms with Crippen LogP contribution in [0.25, 0.3) is 0 Å². The summed E-state index contributed by atoms with van der Waals surface area (Å²) in [6, 6.07) is 0.